The zero-order valence-electron chi connectivity index (χ0n) is 9.99. The van der Waals surface area contributed by atoms with Gasteiger partial charge in [-0.15, -0.1) is 0 Å². The second-order valence-corrected chi connectivity index (χ2v) is 4.33. The third-order valence-electron chi connectivity index (χ3n) is 3.21. The van der Waals surface area contributed by atoms with Crippen molar-refractivity contribution in [1.29, 1.82) is 0 Å². The number of aryl methyl sites for hydroxylation is 2. The Bertz CT molecular complexity index is 665. The Labute approximate surface area is 105 Å². The first-order valence-electron chi connectivity index (χ1n) is 6.02. The van der Waals surface area contributed by atoms with Crippen molar-refractivity contribution >= 4 is 17.2 Å². The number of fused-ring (bicyclic) bond motifs is 1. The molecule has 2 heterocycles. The average molecular weight is 238 g/mol. The fourth-order valence-electron chi connectivity index (χ4n) is 2.30. The van der Waals surface area contributed by atoms with Gasteiger partial charge >= 0.3 is 0 Å². The fourth-order valence-corrected chi connectivity index (χ4v) is 2.30. The van der Waals surface area contributed by atoms with Gasteiger partial charge in [-0.25, -0.2) is 0 Å². The lowest BCUT2D eigenvalue weighted by Crippen LogP contribution is -2.04. The molecule has 3 rings (SSSR count). The Morgan fingerprint density at radius 3 is 2.56 bits per heavy atom. The lowest BCUT2D eigenvalue weighted by Gasteiger charge is -2.06. The van der Waals surface area contributed by atoms with Crippen LogP contribution in [-0.4, -0.2) is 15.4 Å². The van der Waals surface area contributed by atoms with Crippen LogP contribution in [0.4, 0.5) is 0 Å². The molecule has 0 amide bonds. The predicted octanol–water partition coefficient (Wildman–Crippen LogP) is 2.96. The molecule has 0 saturated carbocycles. The molecular weight excluding hydrogens is 224 g/mol. The van der Waals surface area contributed by atoms with Gasteiger partial charge in [0.05, 0.1) is 0 Å². The maximum Gasteiger partial charge on any atom is 0.152 e. The van der Waals surface area contributed by atoms with Gasteiger partial charge in [0.1, 0.15) is 0 Å². The third kappa shape index (κ3) is 1.84. The molecule has 0 atom stereocenters. The Hall–Kier alpha value is -2.29. The van der Waals surface area contributed by atoms with Crippen molar-refractivity contribution in [3.05, 3.63) is 60.6 Å². The van der Waals surface area contributed by atoms with Crippen molar-refractivity contribution in [3.63, 3.8) is 0 Å². The molecule has 0 unspecified atom stereocenters. The molecule has 0 aliphatic heterocycles. The standard InChI is InChI=1S/C15H14N2O/c18-12-13-11-17(10-9-16-7-3-4-8-16)15-6-2-1-5-14(13)15/h1-8,11-12H,9-10H2. The number of hydrogen-bond donors (Lipinski definition) is 0. The first-order valence-corrected chi connectivity index (χ1v) is 6.02. The van der Waals surface area contributed by atoms with Crippen LogP contribution in [0.2, 0.25) is 0 Å². The Morgan fingerprint density at radius 1 is 1.00 bits per heavy atom. The van der Waals surface area contributed by atoms with Crippen LogP contribution in [0, 0.1) is 0 Å². The van der Waals surface area contributed by atoms with Gasteiger partial charge in [0.15, 0.2) is 6.29 Å². The second kappa shape index (κ2) is 4.53. The Balaban J connectivity index is 1.94. The van der Waals surface area contributed by atoms with E-state index in [0.717, 1.165) is 35.8 Å². The largest absolute Gasteiger partial charge is 0.352 e. The van der Waals surface area contributed by atoms with Crippen LogP contribution in [-0.2, 0) is 13.1 Å². The van der Waals surface area contributed by atoms with Crippen molar-refractivity contribution < 1.29 is 4.79 Å². The van der Waals surface area contributed by atoms with E-state index in [1.165, 1.54) is 0 Å². The van der Waals surface area contributed by atoms with E-state index in [9.17, 15) is 4.79 Å². The van der Waals surface area contributed by atoms with E-state index >= 15 is 0 Å². The van der Waals surface area contributed by atoms with Gasteiger partial charge in [0.25, 0.3) is 0 Å². The van der Waals surface area contributed by atoms with Crippen LogP contribution >= 0.6 is 0 Å². The topological polar surface area (TPSA) is 26.9 Å². The number of carbonyl (C=O) groups excluding carboxylic acids is 1. The number of nitrogens with zero attached hydrogens (tertiary/aromatic N) is 2. The fraction of sp³-hybridized carbons (Fsp3) is 0.133. The number of aromatic nitrogens is 2. The zero-order chi connectivity index (χ0) is 12.4. The second-order valence-electron chi connectivity index (χ2n) is 4.33. The van der Waals surface area contributed by atoms with Crippen LogP contribution < -0.4 is 0 Å². The molecule has 0 aliphatic carbocycles. The molecule has 1 aromatic carbocycles. The maximum atomic E-state index is 11.0. The summed E-state index contributed by atoms with van der Waals surface area (Å²) in [6, 6.07) is 12.0. The molecule has 0 fully saturated rings. The van der Waals surface area contributed by atoms with Crippen molar-refractivity contribution in [2.45, 2.75) is 13.1 Å². The molecule has 0 N–H and O–H groups in total. The highest BCUT2D eigenvalue weighted by molar-refractivity contribution is 5.97. The maximum absolute atomic E-state index is 11.0. The molecule has 0 spiro atoms. The lowest BCUT2D eigenvalue weighted by atomic mass is 10.2. The molecule has 0 saturated heterocycles. The van der Waals surface area contributed by atoms with E-state index < -0.39 is 0 Å². The van der Waals surface area contributed by atoms with Crippen LogP contribution in [0.3, 0.4) is 0 Å². The first kappa shape index (κ1) is 10.8. The van der Waals surface area contributed by atoms with E-state index in [0.29, 0.717) is 0 Å². The smallest absolute Gasteiger partial charge is 0.152 e. The average Bonchev–Trinajstić information content (AvgIpc) is 3.04. The lowest BCUT2D eigenvalue weighted by molar-refractivity contribution is 0.112. The van der Waals surface area contributed by atoms with E-state index in [-0.39, 0.29) is 0 Å². The minimum atomic E-state index is 0.762. The van der Waals surface area contributed by atoms with Gasteiger partial charge in [-0.2, -0.15) is 0 Å². The molecule has 18 heavy (non-hydrogen) atoms. The van der Waals surface area contributed by atoms with Crippen LogP contribution in [0.15, 0.2) is 55.0 Å². The quantitative estimate of drug-likeness (QED) is 0.642. The van der Waals surface area contributed by atoms with Crippen molar-refractivity contribution in [2.24, 2.45) is 0 Å². The SMILES string of the molecule is O=Cc1cn(CCn2cccc2)c2ccccc12. The number of carbonyl (C=O) groups is 1. The predicted molar refractivity (Wildman–Crippen MR) is 71.8 cm³/mol. The van der Waals surface area contributed by atoms with Crippen molar-refractivity contribution in [3.8, 4) is 0 Å². The molecule has 0 aliphatic rings. The summed E-state index contributed by atoms with van der Waals surface area (Å²) < 4.78 is 4.27. The number of hydrogen-bond acceptors (Lipinski definition) is 1. The van der Waals surface area contributed by atoms with E-state index in [1.54, 1.807) is 0 Å². The summed E-state index contributed by atoms with van der Waals surface area (Å²) in [6.07, 6.45) is 6.95. The normalized spacial score (nSPS) is 10.9. The summed E-state index contributed by atoms with van der Waals surface area (Å²) in [6.45, 7) is 1.77. The Morgan fingerprint density at radius 2 is 1.78 bits per heavy atom. The number of benzene rings is 1. The molecule has 3 nitrogen and oxygen atoms in total. The number of rotatable bonds is 4. The van der Waals surface area contributed by atoms with Crippen LogP contribution in [0.1, 0.15) is 10.4 Å². The minimum absolute atomic E-state index is 0.762. The highest BCUT2D eigenvalue weighted by Gasteiger charge is 2.06. The van der Waals surface area contributed by atoms with E-state index in [4.69, 9.17) is 0 Å². The molecule has 3 aromatic rings. The highest BCUT2D eigenvalue weighted by Crippen LogP contribution is 2.19. The number of aldehydes is 1. The monoisotopic (exact) mass is 238 g/mol. The van der Waals surface area contributed by atoms with Crippen molar-refractivity contribution in [2.75, 3.05) is 0 Å². The van der Waals surface area contributed by atoms with Crippen LogP contribution in [0.25, 0.3) is 10.9 Å². The summed E-state index contributed by atoms with van der Waals surface area (Å²) in [5.41, 5.74) is 1.88. The van der Waals surface area contributed by atoms with Gasteiger partial charge in [-0.3, -0.25) is 4.79 Å². The molecule has 90 valence electrons. The molecule has 0 bridgehead atoms. The van der Waals surface area contributed by atoms with Gasteiger partial charge in [0, 0.05) is 48.1 Å². The highest BCUT2D eigenvalue weighted by atomic mass is 16.1. The Kier molecular flexibility index (Phi) is 2.73. The van der Waals surface area contributed by atoms with Gasteiger partial charge < -0.3 is 9.13 Å². The van der Waals surface area contributed by atoms with Crippen LogP contribution in [0.5, 0.6) is 0 Å². The minimum Gasteiger partial charge on any atom is -0.352 e. The van der Waals surface area contributed by atoms with Gasteiger partial charge in [0.2, 0.25) is 0 Å². The number of para-hydroxylation sites is 1. The summed E-state index contributed by atoms with van der Waals surface area (Å²) >= 11 is 0. The van der Waals surface area contributed by atoms with E-state index in [2.05, 4.69) is 15.2 Å². The molecular formula is C15H14N2O. The van der Waals surface area contributed by atoms with Crippen molar-refractivity contribution in [1.82, 2.24) is 9.13 Å². The van der Waals surface area contributed by atoms with E-state index in [1.807, 2.05) is 48.9 Å². The zero-order valence-corrected chi connectivity index (χ0v) is 9.99. The summed E-state index contributed by atoms with van der Waals surface area (Å²) in [5.74, 6) is 0. The molecule has 0 radical (unpaired) electrons. The third-order valence-corrected chi connectivity index (χ3v) is 3.21. The molecule has 2 aromatic heterocycles. The summed E-state index contributed by atoms with van der Waals surface area (Å²) in [4.78, 5) is 11.0. The summed E-state index contributed by atoms with van der Waals surface area (Å²) in [5, 5.41) is 1.03. The molecule has 3 heteroatoms. The van der Waals surface area contributed by atoms with Gasteiger partial charge in [-0.05, 0) is 18.2 Å². The van der Waals surface area contributed by atoms with Gasteiger partial charge in [-0.1, -0.05) is 18.2 Å². The summed E-state index contributed by atoms with van der Waals surface area (Å²) in [7, 11) is 0. The first-order chi connectivity index (χ1) is 8.88.